The minimum absolute atomic E-state index is 0.0905. The molecule has 4 rings (SSSR count). The first-order chi connectivity index (χ1) is 9.72. The fourth-order valence-electron chi connectivity index (χ4n) is 4.81. The van der Waals surface area contributed by atoms with E-state index in [1.165, 1.54) is 17.5 Å². The molecule has 1 aromatic rings. The second-order valence-electron chi connectivity index (χ2n) is 6.26. The lowest BCUT2D eigenvalue weighted by molar-refractivity contribution is -0.133. The van der Waals surface area contributed by atoms with E-state index < -0.39 is 0 Å². The lowest BCUT2D eigenvalue weighted by Crippen LogP contribution is -2.53. The van der Waals surface area contributed by atoms with Crippen molar-refractivity contribution in [1.82, 2.24) is 0 Å². The molecular weight excluding hydrogens is 252 g/mol. The normalized spacial score (nSPS) is 33.6. The standard InChI is InChI=1S/C17H20O3/c1-3-17-11-6-4-10-5-9-13(19-2)15(14(10)17)20-16(17)12(18)8-7-11/h5,9,11,16H,3-4,6-8H2,1-2H3/t11?,16-,17?/m1/s1. The van der Waals surface area contributed by atoms with Crippen LogP contribution in [-0.4, -0.2) is 19.0 Å². The Labute approximate surface area is 119 Å². The number of carbonyl (C=O) groups excluding carboxylic acids is 1. The summed E-state index contributed by atoms with van der Waals surface area (Å²) >= 11 is 0. The van der Waals surface area contributed by atoms with Gasteiger partial charge in [0.2, 0.25) is 0 Å². The van der Waals surface area contributed by atoms with Crippen molar-refractivity contribution in [1.29, 1.82) is 0 Å². The Morgan fingerprint density at radius 3 is 2.90 bits per heavy atom. The molecular formula is C17H20O3. The highest BCUT2D eigenvalue weighted by Gasteiger charge is 2.60. The van der Waals surface area contributed by atoms with Gasteiger partial charge in [-0.2, -0.15) is 0 Å². The van der Waals surface area contributed by atoms with Crippen molar-refractivity contribution in [2.45, 2.75) is 50.5 Å². The van der Waals surface area contributed by atoms with Crippen molar-refractivity contribution >= 4 is 5.78 Å². The number of benzene rings is 1. The fraction of sp³-hybridized carbons (Fsp3) is 0.588. The molecule has 106 valence electrons. The minimum Gasteiger partial charge on any atom is -0.493 e. The maximum Gasteiger partial charge on any atom is 0.174 e. The molecule has 0 amide bonds. The van der Waals surface area contributed by atoms with Gasteiger partial charge in [0.1, 0.15) is 0 Å². The molecule has 1 saturated carbocycles. The first-order valence-electron chi connectivity index (χ1n) is 7.62. The highest BCUT2D eigenvalue weighted by Crippen LogP contribution is 2.60. The molecule has 1 aromatic carbocycles. The number of rotatable bonds is 2. The van der Waals surface area contributed by atoms with Gasteiger partial charge in [-0.25, -0.2) is 0 Å². The Morgan fingerprint density at radius 1 is 1.35 bits per heavy atom. The number of methoxy groups -OCH3 is 1. The predicted octanol–water partition coefficient (Wildman–Crippen LogP) is 3.03. The summed E-state index contributed by atoms with van der Waals surface area (Å²) in [5, 5.41) is 0. The highest BCUT2D eigenvalue weighted by molar-refractivity contribution is 5.88. The van der Waals surface area contributed by atoms with E-state index >= 15 is 0 Å². The number of carbonyl (C=O) groups is 1. The molecule has 1 aliphatic heterocycles. The van der Waals surface area contributed by atoms with E-state index in [-0.39, 0.29) is 17.3 Å². The Balaban J connectivity index is 2.01. The second-order valence-corrected chi connectivity index (χ2v) is 6.26. The number of Topliss-reactive ketones (excluding diaryl/α,β-unsaturated/α-hetero) is 1. The van der Waals surface area contributed by atoms with Crippen LogP contribution in [0, 0.1) is 5.92 Å². The monoisotopic (exact) mass is 272 g/mol. The lowest BCUT2D eigenvalue weighted by Gasteiger charge is -2.46. The van der Waals surface area contributed by atoms with Gasteiger partial charge in [-0.1, -0.05) is 13.0 Å². The second kappa shape index (κ2) is 4.00. The van der Waals surface area contributed by atoms with Crippen LogP contribution in [0.4, 0.5) is 0 Å². The van der Waals surface area contributed by atoms with Gasteiger partial charge < -0.3 is 9.47 Å². The zero-order valence-corrected chi connectivity index (χ0v) is 12.1. The molecule has 3 atom stereocenters. The molecule has 0 N–H and O–H groups in total. The summed E-state index contributed by atoms with van der Waals surface area (Å²) in [7, 11) is 1.67. The van der Waals surface area contributed by atoms with Gasteiger partial charge in [-0.15, -0.1) is 0 Å². The molecule has 0 spiro atoms. The quantitative estimate of drug-likeness (QED) is 0.830. The van der Waals surface area contributed by atoms with E-state index in [0.29, 0.717) is 12.3 Å². The van der Waals surface area contributed by atoms with Crippen LogP contribution in [0.5, 0.6) is 11.5 Å². The Bertz CT molecular complexity index is 592. The molecule has 3 heteroatoms. The number of ketones is 1. The van der Waals surface area contributed by atoms with Crippen LogP contribution in [0.3, 0.4) is 0 Å². The van der Waals surface area contributed by atoms with Gasteiger partial charge in [0.15, 0.2) is 23.4 Å². The lowest BCUT2D eigenvalue weighted by atomic mass is 9.55. The maximum absolute atomic E-state index is 12.4. The third kappa shape index (κ3) is 1.24. The van der Waals surface area contributed by atoms with Crippen LogP contribution in [0.1, 0.15) is 43.7 Å². The molecule has 1 heterocycles. The molecule has 3 nitrogen and oxygen atoms in total. The summed E-state index contributed by atoms with van der Waals surface area (Å²) in [6.07, 6.45) is 4.66. The van der Waals surface area contributed by atoms with Crippen LogP contribution in [0.25, 0.3) is 0 Å². The number of aryl methyl sites for hydroxylation is 1. The van der Waals surface area contributed by atoms with E-state index in [0.717, 1.165) is 30.8 Å². The van der Waals surface area contributed by atoms with Crippen LogP contribution in [-0.2, 0) is 16.6 Å². The summed E-state index contributed by atoms with van der Waals surface area (Å²) in [6, 6.07) is 4.15. The summed E-state index contributed by atoms with van der Waals surface area (Å²) in [4.78, 5) is 12.4. The van der Waals surface area contributed by atoms with Crippen molar-refractivity contribution in [2.24, 2.45) is 5.92 Å². The topological polar surface area (TPSA) is 35.5 Å². The third-order valence-electron chi connectivity index (χ3n) is 5.70. The fourth-order valence-corrected chi connectivity index (χ4v) is 4.81. The first kappa shape index (κ1) is 12.2. The predicted molar refractivity (Wildman–Crippen MR) is 75.4 cm³/mol. The molecule has 3 aliphatic rings. The van der Waals surface area contributed by atoms with Gasteiger partial charge in [-0.3, -0.25) is 4.79 Å². The van der Waals surface area contributed by atoms with Gasteiger partial charge in [0.25, 0.3) is 0 Å². The molecule has 2 unspecified atom stereocenters. The smallest absolute Gasteiger partial charge is 0.174 e. The summed E-state index contributed by atoms with van der Waals surface area (Å²) in [5.74, 6) is 2.47. The van der Waals surface area contributed by atoms with Crippen molar-refractivity contribution in [3.05, 3.63) is 23.3 Å². The van der Waals surface area contributed by atoms with Crippen molar-refractivity contribution < 1.29 is 14.3 Å². The van der Waals surface area contributed by atoms with E-state index in [2.05, 4.69) is 13.0 Å². The summed E-state index contributed by atoms with van der Waals surface area (Å²) in [6.45, 7) is 2.20. The number of ether oxygens (including phenoxy) is 2. The van der Waals surface area contributed by atoms with Crippen LogP contribution >= 0.6 is 0 Å². The first-order valence-corrected chi connectivity index (χ1v) is 7.62. The molecule has 0 bridgehead atoms. The average Bonchev–Trinajstić information content (AvgIpc) is 2.85. The number of hydrogen-bond acceptors (Lipinski definition) is 3. The molecule has 0 radical (unpaired) electrons. The van der Waals surface area contributed by atoms with E-state index in [1.807, 2.05) is 6.07 Å². The average molecular weight is 272 g/mol. The van der Waals surface area contributed by atoms with E-state index in [9.17, 15) is 4.79 Å². The SMILES string of the molecule is CCC12c3c4ccc(OC)c3O[C@@H]1C(=O)CCC2CC4. The highest BCUT2D eigenvalue weighted by atomic mass is 16.5. The minimum atomic E-state index is -0.281. The Kier molecular flexibility index (Phi) is 2.45. The Morgan fingerprint density at radius 2 is 2.15 bits per heavy atom. The Hall–Kier alpha value is -1.51. The van der Waals surface area contributed by atoms with Crippen molar-refractivity contribution in [3.8, 4) is 11.5 Å². The van der Waals surface area contributed by atoms with E-state index in [4.69, 9.17) is 9.47 Å². The maximum atomic E-state index is 12.4. The van der Waals surface area contributed by atoms with Crippen molar-refractivity contribution in [3.63, 3.8) is 0 Å². The third-order valence-corrected chi connectivity index (χ3v) is 5.70. The molecule has 0 aromatic heterocycles. The van der Waals surface area contributed by atoms with Gasteiger partial charge in [0.05, 0.1) is 7.11 Å². The molecule has 20 heavy (non-hydrogen) atoms. The summed E-state index contributed by atoms with van der Waals surface area (Å²) < 4.78 is 11.6. The zero-order valence-electron chi connectivity index (χ0n) is 12.1. The molecule has 1 fully saturated rings. The van der Waals surface area contributed by atoms with Gasteiger partial charge in [0, 0.05) is 17.4 Å². The van der Waals surface area contributed by atoms with Gasteiger partial charge >= 0.3 is 0 Å². The largest absolute Gasteiger partial charge is 0.493 e. The van der Waals surface area contributed by atoms with Crippen LogP contribution in [0.15, 0.2) is 12.1 Å². The van der Waals surface area contributed by atoms with Crippen molar-refractivity contribution in [2.75, 3.05) is 7.11 Å². The van der Waals surface area contributed by atoms with Crippen LogP contribution in [0.2, 0.25) is 0 Å². The summed E-state index contributed by atoms with van der Waals surface area (Å²) in [5.41, 5.74) is 2.55. The van der Waals surface area contributed by atoms with Gasteiger partial charge in [-0.05, 0) is 43.2 Å². The zero-order chi connectivity index (χ0) is 13.9. The molecule has 0 saturated heterocycles. The van der Waals surface area contributed by atoms with E-state index in [1.54, 1.807) is 7.11 Å². The molecule has 2 aliphatic carbocycles. The number of hydrogen-bond donors (Lipinski definition) is 0. The van der Waals surface area contributed by atoms with Crippen LogP contribution < -0.4 is 9.47 Å².